The van der Waals surface area contributed by atoms with Crippen LogP contribution >= 0.6 is 23.2 Å². The fraction of sp³-hybridized carbons (Fsp3) is 0.160. The van der Waals surface area contributed by atoms with Crippen molar-refractivity contribution in [3.05, 3.63) is 87.9 Å². The van der Waals surface area contributed by atoms with Crippen molar-refractivity contribution < 1.29 is 4.79 Å². The second-order valence-corrected chi connectivity index (χ2v) is 8.30. The molecule has 0 unspecified atom stereocenters. The molecule has 0 atom stereocenters. The molecule has 0 fully saturated rings. The van der Waals surface area contributed by atoms with E-state index in [9.17, 15) is 4.79 Å². The van der Waals surface area contributed by atoms with Crippen molar-refractivity contribution in [2.45, 2.75) is 26.2 Å². The maximum Gasteiger partial charge on any atom is 0.248 e. The molecule has 0 bridgehead atoms. The van der Waals surface area contributed by atoms with Gasteiger partial charge in [0.25, 0.3) is 0 Å². The molecule has 32 heavy (non-hydrogen) atoms. The molecule has 0 aliphatic rings. The summed E-state index contributed by atoms with van der Waals surface area (Å²) in [4.78, 5) is 13.9. The molecule has 0 radical (unpaired) electrons. The lowest BCUT2D eigenvalue weighted by Crippen LogP contribution is -2.08. The van der Waals surface area contributed by atoms with E-state index in [0.29, 0.717) is 26.8 Å². The van der Waals surface area contributed by atoms with Gasteiger partial charge in [-0.2, -0.15) is 4.80 Å². The van der Waals surface area contributed by atoms with Gasteiger partial charge in [-0.15, -0.1) is 10.2 Å². The maximum atomic E-state index is 12.4. The number of carbonyl (C=O) groups excluding carboxylic acids is 1. The molecule has 4 aromatic rings. The summed E-state index contributed by atoms with van der Waals surface area (Å²) in [7, 11) is 0. The van der Waals surface area contributed by atoms with Crippen LogP contribution in [0.2, 0.25) is 10.0 Å². The van der Waals surface area contributed by atoms with Gasteiger partial charge in [0.15, 0.2) is 0 Å². The van der Waals surface area contributed by atoms with Crippen LogP contribution < -0.4 is 5.32 Å². The molecule has 4 rings (SSSR count). The molecule has 0 saturated carbocycles. The first-order chi connectivity index (χ1) is 15.5. The molecule has 1 amide bonds. The Morgan fingerprint density at radius 3 is 2.38 bits per heavy atom. The fourth-order valence-electron chi connectivity index (χ4n) is 3.25. The van der Waals surface area contributed by atoms with Crippen LogP contribution in [0.1, 0.15) is 30.9 Å². The van der Waals surface area contributed by atoms with E-state index in [4.69, 9.17) is 23.2 Å². The Labute approximate surface area is 196 Å². The number of halogens is 2. The van der Waals surface area contributed by atoms with E-state index in [2.05, 4.69) is 34.6 Å². The number of hydrogen-bond acceptors (Lipinski definition) is 3. The topological polar surface area (TPSA) is 59.8 Å². The Morgan fingerprint density at radius 1 is 1.00 bits per heavy atom. The van der Waals surface area contributed by atoms with Crippen LogP contribution in [0.25, 0.3) is 22.8 Å². The van der Waals surface area contributed by atoms with Crippen LogP contribution in [0.5, 0.6) is 0 Å². The van der Waals surface area contributed by atoms with E-state index in [1.807, 2.05) is 24.3 Å². The minimum absolute atomic E-state index is 0.295. The van der Waals surface area contributed by atoms with Crippen molar-refractivity contribution in [3.8, 4) is 5.69 Å². The third-order valence-corrected chi connectivity index (χ3v) is 5.58. The Balaban J connectivity index is 1.50. The number of anilines is 1. The molecule has 0 aliphatic heterocycles. The van der Waals surface area contributed by atoms with Crippen LogP contribution in [-0.4, -0.2) is 20.9 Å². The van der Waals surface area contributed by atoms with Crippen molar-refractivity contribution in [1.29, 1.82) is 0 Å². The smallest absolute Gasteiger partial charge is 0.248 e. The summed E-state index contributed by atoms with van der Waals surface area (Å²) >= 11 is 12.3. The van der Waals surface area contributed by atoms with Crippen molar-refractivity contribution in [3.63, 3.8) is 0 Å². The minimum Gasteiger partial charge on any atom is -0.321 e. The lowest BCUT2D eigenvalue weighted by molar-refractivity contribution is -0.111. The Morgan fingerprint density at radius 2 is 1.69 bits per heavy atom. The van der Waals surface area contributed by atoms with Crippen LogP contribution in [-0.2, 0) is 11.2 Å². The maximum absolute atomic E-state index is 12.4. The van der Waals surface area contributed by atoms with Gasteiger partial charge in [0.05, 0.1) is 16.4 Å². The summed E-state index contributed by atoms with van der Waals surface area (Å²) in [6.07, 6.45) is 6.56. The summed E-state index contributed by atoms with van der Waals surface area (Å²) in [5.74, 6) is -0.295. The SMILES string of the molecule is CCCCc1ccc(-n2nc3cc(Cl)c(NC(=O)/C=C/c4ccc(Cl)cc4)cc3n2)cc1. The summed E-state index contributed by atoms with van der Waals surface area (Å²) < 4.78 is 0. The van der Waals surface area contributed by atoms with Crippen LogP contribution in [0.4, 0.5) is 5.69 Å². The third-order valence-electron chi connectivity index (χ3n) is 5.01. The van der Waals surface area contributed by atoms with Crippen LogP contribution in [0.15, 0.2) is 66.7 Å². The van der Waals surface area contributed by atoms with E-state index in [1.165, 1.54) is 24.5 Å². The molecule has 162 valence electrons. The lowest BCUT2D eigenvalue weighted by Gasteiger charge is -2.04. The number of aryl methyl sites for hydroxylation is 1. The highest BCUT2D eigenvalue weighted by Gasteiger charge is 2.11. The van der Waals surface area contributed by atoms with Gasteiger partial charge in [-0.1, -0.05) is 60.8 Å². The van der Waals surface area contributed by atoms with E-state index in [1.54, 1.807) is 35.1 Å². The van der Waals surface area contributed by atoms with Gasteiger partial charge in [-0.3, -0.25) is 4.79 Å². The molecule has 0 aliphatic carbocycles. The van der Waals surface area contributed by atoms with Crippen LogP contribution in [0, 0.1) is 0 Å². The summed E-state index contributed by atoms with van der Waals surface area (Å²) in [5.41, 5.74) is 4.81. The number of nitrogens with zero attached hydrogens (tertiary/aromatic N) is 3. The number of amides is 1. The second-order valence-electron chi connectivity index (χ2n) is 7.45. The van der Waals surface area contributed by atoms with Gasteiger partial charge >= 0.3 is 0 Å². The molecule has 3 aromatic carbocycles. The second kappa shape index (κ2) is 9.98. The quantitative estimate of drug-likeness (QED) is 0.308. The van der Waals surface area contributed by atoms with Gasteiger partial charge in [0.2, 0.25) is 5.91 Å². The molecule has 1 N–H and O–H groups in total. The predicted octanol–water partition coefficient (Wildman–Crippen LogP) is 6.72. The molecule has 5 nitrogen and oxygen atoms in total. The van der Waals surface area contributed by atoms with Gasteiger partial charge in [-0.05, 0) is 66.4 Å². The molecule has 0 saturated heterocycles. The Hall–Kier alpha value is -3.15. The first-order valence-electron chi connectivity index (χ1n) is 10.4. The molecule has 0 spiro atoms. The van der Waals surface area contributed by atoms with Gasteiger partial charge in [0.1, 0.15) is 11.0 Å². The van der Waals surface area contributed by atoms with Crippen molar-refractivity contribution in [2.75, 3.05) is 5.32 Å². The number of carbonyl (C=O) groups is 1. The highest BCUT2D eigenvalue weighted by molar-refractivity contribution is 6.34. The normalized spacial score (nSPS) is 11.3. The summed E-state index contributed by atoms with van der Waals surface area (Å²) in [6.45, 7) is 2.19. The lowest BCUT2D eigenvalue weighted by atomic mass is 10.1. The number of benzene rings is 3. The first kappa shape index (κ1) is 22.1. The molecule has 1 aromatic heterocycles. The van der Waals surface area contributed by atoms with E-state index >= 15 is 0 Å². The number of fused-ring (bicyclic) bond motifs is 1. The monoisotopic (exact) mass is 464 g/mol. The van der Waals surface area contributed by atoms with Gasteiger partial charge < -0.3 is 5.32 Å². The highest BCUT2D eigenvalue weighted by Crippen LogP contribution is 2.27. The van der Waals surface area contributed by atoms with Gasteiger partial charge in [-0.25, -0.2) is 0 Å². The largest absolute Gasteiger partial charge is 0.321 e. The molecule has 1 heterocycles. The minimum atomic E-state index is -0.295. The predicted molar refractivity (Wildman–Crippen MR) is 132 cm³/mol. The average Bonchev–Trinajstić information content (AvgIpc) is 3.20. The summed E-state index contributed by atoms with van der Waals surface area (Å²) in [6, 6.07) is 18.9. The Kier molecular flexibility index (Phi) is 6.88. The number of rotatable bonds is 7. The fourth-order valence-corrected chi connectivity index (χ4v) is 3.58. The zero-order valence-corrected chi connectivity index (χ0v) is 19.1. The standard InChI is InChI=1S/C25H22Cl2N4O/c1-2-3-4-17-7-12-20(13-8-17)31-29-23-15-21(27)22(16-24(23)30-31)28-25(32)14-9-18-5-10-19(26)11-6-18/h5-16H,2-4H2,1H3,(H,28,32)/b14-9+. The van der Waals surface area contributed by atoms with Crippen LogP contribution in [0.3, 0.4) is 0 Å². The van der Waals surface area contributed by atoms with Crippen molar-refractivity contribution in [1.82, 2.24) is 15.0 Å². The highest BCUT2D eigenvalue weighted by atomic mass is 35.5. The third kappa shape index (κ3) is 5.36. The summed E-state index contributed by atoms with van der Waals surface area (Å²) in [5, 5.41) is 12.9. The molecular weight excluding hydrogens is 443 g/mol. The molecular formula is C25H22Cl2N4O. The number of aromatic nitrogens is 3. The Bertz CT molecular complexity index is 1260. The van der Waals surface area contributed by atoms with Crippen molar-refractivity contribution >= 4 is 51.9 Å². The van der Waals surface area contributed by atoms with E-state index in [-0.39, 0.29) is 5.91 Å². The van der Waals surface area contributed by atoms with E-state index in [0.717, 1.165) is 17.7 Å². The first-order valence-corrected chi connectivity index (χ1v) is 11.2. The number of nitrogens with one attached hydrogen (secondary N) is 1. The zero-order valence-electron chi connectivity index (χ0n) is 17.6. The average molecular weight is 465 g/mol. The van der Waals surface area contributed by atoms with Gasteiger partial charge in [0, 0.05) is 11.1 Å². The number of unbranched alkanes of at least 4 members (excludes halogenated alkanes) is 1. The zero-order chi connectivity index (χ0) is 22.5. The number of hydrogen-bond donors (Lipinski definition) is 1. The van der Waals surface area contributed by atoms with Crippen molar-refractivity contribution in [2.24, 2.45) is 0 Å². The van der Waals surface area contributed by atoms with E-state index < -0.39 is 0 Å². The molecule has 7 heteroatoms.